The summed E-state index contributed by atoms with van der Waals surface area (Å²) in [5, 5.41) is 0. The van der Waals surface area contributed by atoms with Gasteiger partial charge in [-0.2, -0.15) is 0 Å². The zero-order chi connectivity index (χ0) is 14.5. The summed E-state index contributed by atoms with van der Waals surface area (Å²) in [5.74, 6) is 0.750. The molecule has 3 nitrogen and oxygen atoms in total. The van der Waals surface area contributed by atoms with Gasteiger partial charge < -0.3 is 9.80 Å². The minimum absolute atomic E-state index is 0.0620. The summed E-state index contributed by atoms with van der Waals surface area (Å²) in [5.41, 5.74) is 2.77. The number of hydrogen-bond acceptors (Lipinski definition) is 1. The van der Waals surface area contributed by atoms with Gasteiger partial charge in [-0.05, 0) is 11.5 Å². The van der Waals surface area contributed by atoms with Crippen molar-refractivity contribution in [2.45, 2.75) is 26.3 Å². The topological polar surface area (TPSA) is 24.8 Å². The van der Waals surface area contributed by atoms with Crippen LogP contribution >= 0.6 is 11.6 Å². The number of nitrogens with zero attached hydrogens (tertiary/aromatic N) is 1. The first kappa shape index (κ1) is 15.3. The second-order valence-electron chi connectivity index (χ2n) is 5.84. The van der Waals surface area contributed by atoms with Gasteiger partial charge in [-0.3, -0.25) is 4.79 Å². The Hall–Kier alpha value is -1.06. The van der Waals surface area contributed by atoms with Crippen molar-refractivity contribution in [2.24, 2.45) is 0 Å². The summed E-state index contributed by atoms with van der Waals surface area (Å²) in [6.45, 7) is 9.14. The lowest BCUT2D eigenvalue weighted by atomic mass is 10.0. The van der Waals surface area contributed by atoms with Crippen molar-refractivity contribution in [1.29, 1.82) is 0 Å². The highest BCUT2D eigenvalue weighted by molar-refractivity contribution is 6.27. The zero-order valence-electron chi connectivity index (χ0n) is 12.4. The van der Waals surface area contributed by atoms with Crippen molar-refractivity contribution in [3.05, 3.63) is 35.4 Å². The van der Waals surface area contributed by atoms with E-state index in [-0.39, 0.29) is 11.8 Å². The third-order valence-electron chi connectivity index (χ3n) is 4.04. The van der Waals surface area contributed by atoms with Crippen molar-refractivity contribution in [1.82, 2.24) is 4.90 Å². The van der Waals surface area contributed by atoms with Gasteiger partial charge >= 0.3 is 0 Å². The Balaban J connectivity index is 1.84. The van der Waals surface area contributed by atoms with Crippen LogP contribution in [0, 0.1) is 0 Å². The number of amides is 1. The van der Waals surface area contributed by atoms with Gasteiger partial charge in [0.25, 0.3) is 0 Å². The maximum absolute atomic E-state index is 11.5. The second kappa shape index (κ2) is 7.09. The van der Waals surface area contributed by atoms with E-state index >= 15 is 0 Å². The van der Waals surface area contributed by atoms with E-state index in [1.165, 1.54) is 11.1 Å². The largest absolute Gasteiger partial charge is 0.330 e. The van der Waals surface area contributed by atoms with Crippen LogP contribution in [0.2, 0.25) is 0 Å². The number of benzene rings is 1. The molecule has 0 bridgehead atoms. The minimum Gasteiger partial charge on any atom is -0.330 e. The minimum atomic E-state index is 0.0620. The van der Waals surface area contributed by atoms with E-state index < -0.39 is 0 Å². The lowest BCUT2D eigenvalue weighted by Crippen LogP contribution is -3.13. The molecule has 4 heteroatoms. The Kier molecular flexibility index (Phi) is 5.44. The number of carbonyl (C=O) groups is 1. The first-order chi connectivity index (χ1) is 9.60. The summed E-state index contributed by atoms with van der Waals surface area (Å²) >= 11 is 5.59. The number of halogens is 1. The summed E-state index contributed by atoms with van der Waals surface area (Å²) in [6, 6.07) is 8.93. The smallest absolute Gasteiger partial charge is 0.237 e. The van der Waals surface area contributed by atoms with Crippen molar-refractivity contribution in [3.63, 3.8) is 0 Å². The number of hydrogen-bond donors (Lipinski definition) is 1. The highest BCUT2D eigenvalue weighted by atomic mass is 35.5. The van der Waals surface area contributed by atoms with Crippen LogP contribution in [0.5, 0.6) is 0 Å². The molecule has 1 aliphatic heterocycles. The lowest BCUT2D eigenvalue weighted by molar-refractivity contribution is -0.917. The Morgan fingerprint density at radius 2 is 1.85 bits per heavy atom. The molecule has 0 aliphatic carbocycles. The van der Waals surface area contributed by atoms with E-state index in [4.69, 9.17) is 11.6 Å². The molecule has 1 heterocycles. The van der Waals surface area contributed by atoms with E-state index in [2.05, 4.69) is 38.1 Å². The lowest BCUT2D eigenvalue weighted by Gasteiger charge is -2.32. The van der Waals surface area contributed by atoms with E-state index in [1.54, 1.807) is 4.90 Å². The molecule has 0 unspecified atom stereocenters. The van der Waals surface area contributed by atoms with Crippen LogP contribution in [0.1, 0.15) is 30.9 Å². The molecule has 0 radical (unpaired) electrons. The average Bonchev–Trinajstić information content (AvgIpc) is 2.48. The van der Waals surface area contributed by atoms with E-state index in [9.17, 15) is 4.79 Å². The van der Waals surface area contributed by atoms with Crippen molar-refractivity contribution in [3.8, 4) is 0 Å². The fraction of sp³-hybridized carbons (Fsp3) is 0.562. The molecule has 1 fully saturated rings. The van der Waals surface area contributed by atoms with Gasteiger partial charge in [0.2, 0.25) is 5.91 Å². The third kappa shape index (κ3) is 3.97. The quantitative estimate of drug-likeness (QED) is 0.832. The summed E-state index contributed by atoms with van der Waals surface area (Å²) in [7, 11) is 0. The van der Waals surface area contributed by atoms with Crippen LogP contribution in [0.15, 0.2) is 24.3 Å². The van der Waals surface area contributed by atoms with Crippen LogP contribution in [0.25, 0.3) is 0 Å². The molecule has 1 aromatic rings. The van der Waals surface area contributed by atoms with E-state index in [0.29, 0.717) is 5.92 Å². The first-order valence-electron chi connectivity index (χ1n) is 7.36. The molecule has 20 heavy (non-hydrogen) atoms. The van der Waals surface area contributed by atoms with Gasteiger partial charge in [-0.15, -0.1) is 11.6 Å². The van der Waals surface area contributed by atoms with Crippen LogP contribution in [-0.4, -0.2) is 42.9 Å². The zero-order valence-corrected chi connectivity index (χ0v) is 13.1. The predicted octanol–water partition coefficient (Wildman–Crippen LogP) is 1.28. The molecule has 110 valence electrons. The van der Waals surface area contributed by atoms with Gasteiger partial charge in [0.1, 0.15) is 12.4 Å². The Morgan fingerprint density at radius 1 is 1.25 bits per heavy atom. The Labute approximate surface area is 126 Å². The Bertz CT molecular complexity index is 436. The maximum Gasteiger partial charge on any atom is 0.237 e. The summed E-state index contributed by atoms with van der Waals surface area (Å²) < 4.78 is 0. The molecule has 0 spiro atoms. The first-order valence-corrected chi connectivity index (χ1v) is 7.89. The number of rotatable bonds is 4. The average molecular weight is 296 g/mol. The molecule has 1 saturated heterocycles. The van der Waals surface area contributed by atoms with Crippen LogP contribution in [0.3, 0.4) is 0 Å². The fourth-order valence-electron chi connectivity index (χ4n) is 2.64. The molecule has 1 N–H and O–H groups in total. The number of piperazine rings is 1. The molecule has 2 rings (SSSR count). The van der Waals surface area contributed by atoms with Crippen molar-refractivity contribution >= 4 is 17.5 Å². The molecule has 1 aromatic carbocycles. The fourth-order valence-corrected chi connectivity index (χ4v) is 2.81. The normalized spacial score (nSPS) is 16.7. The molecule has 0 atom stereocenters. The molecule has 0 aromatic heterocycles. The second-order valence-corrected chi connectivity index (χ2v) is 6.10. The molecule has 1 aliphatic rings. The van der Waals surface area contributed by atoms with Gasteiger partial charge in [-0.1, -0.05) is 38.1 Å². The van der Waals surface area contributed by atoms with Crippen LogP contribution < -0.4 is 4.90 Å². The molecular formula is C16H24ClN2O+. The number of nitrogens with one attached hydrogen (secondary N) is 1. The highest BCUT2D eigenvalue weighted by Gasteiger charge is 2.22. The third-order valence-corrected chi connectivity index (χ3v) is 4.27. The number of carbonyl (C=O) groups excluding carboxylic acids is 1. The Morgan fingerprint density at radius 3 is 2.35 bits per heavy atom. The highest BCUT2D eigenvalue weighted by Crippen LogP contribution is 2.14. The van der Waals surface area contributed by atoms with Crippen LogP contribution in [-0.2, 0) is 11.3 Å². The van der Waals surface area contributed by atoms with E-state index in [1.807, 2.05) is 4.90 Å². The SMILES string of the molecule is CC(C)c1ccc(C[NH+]2CCN(C(=O)CCl)CC2)cc1. The van der Waals surface area contributed by atoms with Crippen molar-refractivity contribution < 1.29 is 9.69 Å². The predicted molar refractivity (Wildman–Crippen MR) is 82.2 cm³/mol. The summed E-state index contributed by atoms with van der Waals surface area (Å²) in [4.78, 5) is 14.9. The summed E-state index contributed by atoms with van der Waals surface area (Å²) in [6.07, 6.45) is 0. The molecule has 0 saturated carbocycles. The maximum atomic E-state index is 11.5. The number of alkyl halides is 1. The van der Waals surface area contributed by atoms with Gasteiger partial charge in [0, 0.05) is 5.56 Å². The standard InChI is InChI=1S/C16H23ClN2O/c1-13(2)15-5-3-14(4-6-15)12-18-7-9-19(10-8-18)16(20)11-17/h3-6,13H,7-12H2,1-2H3/p+1. The van der Waals surface area contributed by atoms with E-state index in [0.717, 1.165) is 32.7 Å². The van der Waals surface area contributed by atoms with Gasteiger partial charge in [0.05, 0.1) is 26.2 Å². The molecule has 1 amide bonds. The number of quaternary nitrogens is 1. The molecular weight excluding hydrogens is 272 g/mol. The monoisotopic (exact) mass is 295 g/mol. The van der Waals surface area contributed by atoms with Crippen LogP contribution in [0.4, 0.5) is 0 Å². The van der Waals surface area contributed by atoms with Gasteiger partial charge in [-0.25, -0.2) is 0 Å². The van der Waals surface area contributed by atoms with Crippen molar-refractivity contribution in [2.75, 3.05) is 32.1 Å². The van der Waals surface area contributed by atoms with Gasteiger partial charge in [0.15, 0.2) is 0 Å².